The van der Waals surface area contributed by atoms with Crippen LogP contribution in [0.2, 0.25) is 0 Å². The predicted molar refractivity (Wildman–Crippen MR) is 142 cm³/mol. The third-order valence-corrected chi connectivity index (χ3v) is 8.14. The van der Waals surface area contributed by atoms with Gasteiger partial charge in [-0.05, 0) is 55.5 Å². The smallest absolute Gasteiger partial charge is 0.410 e. The standard InChI is InChI=1S/C30H38N2O5/c1-5-17-32-18-16-29(25-12-9-13-27(19-25)37-23(2)33)20-26(14-15-30(29,22-32)35-4)31(3)28(34)36-21-24-10-7-6-8-11-24/h5-13,19,26H,1,14-18,20-22H2,2-4H3/t26-,29-,30-/m0/s1. The summed E-state index contributed by atoms with van der Waals surface area (Å²) in [6.45, 7) is 8.02. The van der Waals surface area contributed by atoms with Crippen molar-refractivity contribution in [1.82, 2.24) is 9.80 Å². The summed E-state index contributed by atoms with van der Waals surface area (Å²) in [4.78, 5) is 28.9. The minimum atomic E-state index is -0.450. The Balaban J connectivity index is 1.63. The number of likely N-dealkylation sites (tertiary alicyclic amines) is 1. The second kappa shape index (κ2) is 11.5. The van der Waals surface area contributed by atoms with Gasteiger partial charge in [0.25, 0.3) is 0 Å². The summed E-state index contributed by atoms with van der Waals surface area (Å²) >= 11 is 0. The lowest BCUT2D eigenvalue weighted by Crippen LogP contribution is -2.68. The van der Waals surface area contributed by atoms with E-state index in [-0.39, 0.29) is 30.1 Å². The number of amides is 1. The molecule has 0 spiro atoms. The fourth-order valence-corrected chi connectivity index (χ4v) is 6.23. The molecule has 7 nitrogen and oxygen atoms in total. The number of piperidine rings is 1. The Morgan fingerprint density at radius 3 is 2.65 bits per heavy atom. The minimum absolute atomic E-state index is 0.0186. The molecule has 1 heterocycles. The minimum Gasteiger partial charge on any atom is -0.445 e. The van der Waals surface area contributed by atoms with Crippen LogP contribution in [-0.2, 0) is 26.3 Å². The molecule has 0 aromatic heterocycles. The third-order valence-electron chi connectivity index (χ3n) is 8.14. The molecule has 3 atom stereocenters. The van der Waals surface area contributed by atoms with Crippen LogP contribution in [0.4, 0.5) is 4.79 Å². The summed E-state index contributed by atoms with van der Waals surface area (Å²) in [5.41, 5.74) is 1.21. The highest BCUT2D eigenvalue weighted by Gasteiger charge is 2.59. The zero-order chi connectivity index (χ0) is 26.5. The molecule has 0 N–H and O–H groups in total. The van der Waals surface area contributed by atoms with E-state index in [0.717, 1.165) is 56.4 Å². The van der Waals surface area contributed by atoms with E-state index in [1.54, 1.807) is 18.1 Å². The van der Waals surface area contributed by atoms with E-state index in [1.807, 2.05) is 55.6 Å². The van der Waals surface area contributed by atoms with E-state index in [2.05, 4.69) is 17.5 Å². The van der Waals surface area contributed by atoms with Gasteiger partial charge in [-0.25, -0.2) is 4.79 Å². The highest BCUT2D eigenvalue weighted by molar-refractivity contribution is 5.69. The Hall–Kier alpha value is -3.16. The van der Waals surface area contributed by atoms with Crippen molar-refractivity contribution < 1.29 is 23.8 Å². The Labute approximate surface area is 220 Å². The number of fused-ring (bicyclic) bond motifs is 1. The van der Waals surface area contributed by atoms with Crippen LogP contribution in [0.15, 0.2) is 67.3 Å². The molecule has 1 saturated heterocycles. The van der Waals surface area contributed by atoms with E-state index in [4.69, 9.17) is 14.2 Å². The van der Waals surface area contributed by atoms with Crippen LogP contribution in [0.25, 0.3) is 0 Å². The van der Waals surface area contributed by atoms with Crippen molar-refractivity contribution in [3.05, 3.63) is 78.4 Å². The first-order valence-corrected chi connectivity index (χ1v) is 12.9. The van der Waals surface area contributed by atoms with E-state index >= 15 is 0 Å². The highest BCUT2D eigenvalue weighted by Crippen LogP contribution is 2.54. The first-order chi connectivity index (χ1) is 17.8. The third kappa shape index (κ3) is 5.58. The van der Waals surface area contributed by atoms with Crippen molar-refractivity contribution in [2.75, 3.05) is 33.8 Å². The van der Waals surface area contributed by atoms with Gasteiger partial charge in [0.15, 0.2) is 0 Å². The van der Waals surface area contributed by atoms with Gasteiger partial charge in [-0.2, -0.15) is 0 Å². The lowest BCUT2D eigenvalue weighted by Gasteiger charge is -2.60. The van der Waals surface area contributed by atoms with Crippen molar-refractivity contribution >= 4 is 12.1 Å². The number of esters is 1. The molecule has 198 valence electrons. The fraction of sp³-hybridized carbons (Fsp3) is 0.467. The van der Waals surface area contributed by atoms with Crippen molar-refractivity contribution in [2.45, 2.75) is 56.3 Å². The number of carbonyl (C=O) groups is 2. The molecule has 37 heavy (non-hydrogen) atoms. The van der Waals surface area contributed by atoms with Gasteiger partial charge < -0.3 is 19.1 Å². The topological polar surface area (TPSA) is 68.3 Å². The number of nitrogens with zero attached hydrogens (tertiary/aromatic N) is 2. The summed E-state index contributed by atoms with van der Waals surface area (Å²) in [5, 5.41) is 0. The number of benzene rings is 2. The molecule has 0 radical (unpaired) electrons. The van der Waals surface area contributed by atoms with Crippen LogP contribution in [-0.4, -0.2) is 67.3 Å². The average Bonchev–Trinajstić information content (AvgIpc) is 2.91. The number of carbonyl (C=O) groups excluding carboxylic acids is 2. The molecule has 4 rings (SSSR count). The summed E-state index contributed by atoms with van der Waals surface area (Å²) in [6.07, 6.45) is 4.77. The lowest BCUT2D eigenvalue weighted by atomic mass is 9.55. The Kier molecular flexibility index (Phi) is 8.35. The second-order valence-electron chi connectivity index (χ2n) is 10.2. The van der Waals surface area contributed by atoms with Gasteiger partial charge in [-0.15, -0.1) is 6.58 Å². The SMILES string of the molecule is C=CCN1CC[C@@]2(c3cccc(OC(C)=O)c3)C[C@@H](N(C)C(=O)OCc3ccccc3)CC[C@]2(OC)C1. The maximum absolute atomic E-state index is 13.1. The molecule has 2 aromatic rings. The molecule has 1 saturated carbocycles. The van der Waals surface area contributed by atoms with Crippen LogP contribution >= 0.6 is 0 Å². The van der Waals surface area contributed by atoms with Crippen molar-refractivity contribution in [2.24, 2.45) is 0 Å². The fourth-order valence-electron chi connectivity index (χ4n) is 6.23. The molecular formula is C30H38N2O5. The number of methoxy groups -OCH3 is 1. The normalized spacial score (nSPS) is 25.5. The van der Waals surface area contributed by atoms with Gasteiger partial charge in [0, 0.05) is 45.6 Å². The number of ether oxygens (including phenoxy) is 3. The van der Waals surface area contributed by atoms with Gasteiger partial charge in [-0.3, -0.25) is 9.69 Å². The molecule has 1 aliphatic carbocycles. The second-order valence-corrected chi connectivity index (χ2v) is 10.2. The zero-order valence-electron chi connectivity index (χ0n) is 22.2. The molecule has 1 aliphatic heterocycles. The van der Waals surface area contributed by atoms with Gasteiger partial charge in [0.05, 0.1) is 5.60 Å². The van der Waals surface area contributed by atoms with E-state index in [0.29, 0.717) is 5.75 Å². The molecule has 0 unspecified atom stereocenters. The Bertz CT molecular complexity index is 1110. The Morgan fingerprint density at radius 1 is 1.16 bits per heavy atom. The van der Waals surface area contributed by atoms with Crippen LogP contribution in [0.5, 0.6) is 5.75 Å². The quantitative estimate of drug-likeness (QED) is 0.287. The Morgan fingerprint density at radius 2 is 1.95 bits per heavy atom. The van der Waals surface area contributed by atoms with Crippen LogP contribution in [0.3, 0.4) is 0 Å². The van der Waals surface area contributed by atoms with Gasteiger partial charge in [-0.1, -0.05) is 48.5 Å². The number of hydrogen-bond donors (Lipinski definition) is 0. The van der Waals surface area contributed by atoms with E-state index < -0.39 is 5.60 Å². The average molecular weight is 507 g/mol. The van der Waals surface area contributed by atoms with Gasteiger partial charge in [0.2, 0.25) is 0 Å². The largest absolute Gasteiger partial charge is 0.445 e. The highest BCUT2D eigenvalue weighted by atomic mass is 16.6. The summed E-state index contributed by atoms with van der Waals surface area (Å²) < 4.78 is 17.5. The first kappa shape index (κ1) is 26.9. The lowest BCUT2D eigenvalue weighted by molar-refractivity contribution is -0.152. The summed E-state index contributed by atoms with van der Waals surface area (Å²) in [7, 11) is 3.62. The maximum atomic E-state index is 13.1. The summed E-state index contributed by atoms with van der Waals surface area (Å²) in [5.74, 6) is 0.173. The first-order valence-electron chi connectivity index (χ1n) is 12.9. The maximum Gasteiger partial charge on any atom is 0.410 e. The molecule has 1 amide bonds. The zero-order valence-corrected chi connectivity index (χ0v) is 22.2. The van der Waals surface area contributed by atoms with Crippen LogP contribution in [0, 0.1) is 0 Å². The van der Waals surface area contributed by atoms with E-state index in [1.165, 1.54) is 6.92 Å². The van der Waals surface area contributed by atoms with Gasteiger partial charge in [0.1, 0.15) is 12.4 Å². The summed E-state index contributed by atoms with van der Waals surface area (Å²) in [6, 6.07) is 17.5. The number of hydrogen-bond acceptors (Lipinski definition) is 6. The van der Waals surface area contributed by atoms with Crippen molar-refractivity contribution in [1.29, 1.82) is 0 Å². The molecule has 2 aliphatic rings. The molecule has 2 fully saturated rings. The predicted octanol–water partition coefficient (Wildman–Crippen LogP) is 4.95. The molecule has 2 aromatic carbocycles. The van der Waals surface area contributed by atoms with Crippen molar-refractivity contribution in [3.8, 4) is 5.75 Å². The van der Waals surface area contributed by atoms with Crippen LogP contribution < -0.4 is 4.74 Å². The number of rotatable bonds is 8. The monoisotopic (exact) mass is 506 g/mol. The molecular weight excluding hydrogens is 468 g/mol. The van der Waals surface area contributed by atoms with Crippen LogP contribution in [0.1, 0.15) is 43.7 Å². The molecule has 7 heteroatoms. The van der Waals surface area contributed by atoms with E-state index in [9.17, 15) is 9.59 Å². The van der Waals surface area contributed by atoms with Gasteiger partial charge >= 0.3 is 12.1 Å². The molecule has 0 bridgehead atoms. The van der Waals surface area contributed by atoms with Crippen molar-refractivity contribution in [3.63, 3.8) is 0 Å².